The van der Waals surface area contributed by atoms with Gasteiger partial charge in [0.1, 0.15) is 11.4 Å². The van der Waals surface area contributed by atoms with E-state index in [1.807, 2.05) is 0 Å². The number of amides is 1. The summed E-state index contributed by atoms with van der Waals surface area (Å²) in [7, 11) is -4.58. The number of hydrogen-bond acceptors (Lipinski definition) is 5. The highest BCUT2D eigenvalue weighted by atomic mass is 32.3. The molecule has 0 saturated carbocycles. The summed E-state index contributed by atoms with van der Waals surface area (Å²) in [6.07, 6.45) is -0.486. The molecule has 0 aromatic heterocycles. The fraction of sp³-hybridized carbons (Fsp3) is 0.917. The van der Waals surface area contributed by atoms with Crippen LogP contribution in [-0.4, -0.2) is 56.6 Å². The molecular weight excluding hydrogens is 289 g/mol. The number of carbonyl (C=O) groups is 1. The second-order valence-corrected chi connectivity index (χ2v) is 7.92. The third kappa shape index (κ3) is 3.41. The Morgan fingerprint density at radius 2 is 2.05 bits per heavy atom. The summed E-state index contributed by atoms with van der Waals surface area (Å²) < 4.78 is 44.9. The number of halogens is 1. The smallest absolute Gasteiger partial charge is 0.410 e. The van der Waals surface area contributed by atoms with Gasteiger partial charge in [-0.15, -0.1) is 3.89 Å². The van der Waals surface area contributed by atoms with Crippen molar-refractivity contribution in [2.45, 2.75) is 38.9 Å². The average Bonchev–Trinajstić information content (AvgIpc) is 2.52. The molecule has 20 heavy (non-hydrogen) atoms. The Balaban J connectivity index is 1.95. The summed E-state index contributed by atoms with van der Waals surface area (Å²) >= 11 is 0. The Morgan fingerprint density at radius 1 is 1.45 bits per heavy atom. The summed E-state index contributed by atoms with van der Waals surface area (Å²) in [6.45, 7) is 6.42. The van der Waals surface area contributed by atoms with Crippen LogP contribution in [0.2, 0.25) is 0 Å². The van der Waals surface area contributed by atoms with E-state index in [1.54, 1.807) is 20.8 Å². The van der Waals surface area contributed by atoms with Gasteiger partial charge in [-0.05, 0) is 27.2 Å². The highest BCUT2D eigenvalue weighted by Gasteiger charge is 2.55. The van der Waals surface area contributed by atoms with Crippen molar-refractivity contribution >= 4 is 16.3 Å². The van der Waals surface area contributed by atoms with Gasteiger partial charge >= 0.3 is 16.3 Å². The molecule has 1 atom stereocenters. The lowest BCUT2D eigenvalue weighted by Crippen LogP contribution is -2.63. The molecule has 116 valence electrons. The first-order valence-electron chi connectivity index (χ1n) is 6.53. The normalized spacial score (nSPS) is 25.6. The van der Waals surface area contributed by atoms with E-state index < -0.39 is 39.2 Å². The van der Waals surface area contributed by atoms with Gasteiger partial charge < -0.3 is 14.4 Å². The minimum atomic E-state index is -4.58. The van der Waals surface area contributed by atoms with Crippen LogP contribution in [0.3, 0.4) is 0 Å². The number of ether oxygens (including phenoxy) is 2. The molecule has 0 N–H and O–H groups in total. The molecule has 1 unspecified atom stereocenters. The lowest BCUT2D eigenvalue weighted by Gasteiger charge is -2.49. The summed E-state index contributed by atoms with van der Waals surface area (Å²) in [5.41, 5.74) is -1.02. The van der Waals surface area contributed by atoms with E-state index in [-0.39, 0.29) is 0 Å². The van der Waals surface area contributed by atoms with Crippen molar-refractivity contribution < 1.29 is 26.6 Å². The first-order valence-corrected chi connectivity index (χ1v) is 8.08. The zero-order chi connectivity index (χ0) is 15.2. The van der Waals surface area contributed by atoms with Gasteiger partial charge in [-0.3, -0.25) is 0 Å². The lowest BCUT2D eigenvalue weighted by molar-refractivity contribution is -0.0597. The number of likely N-dealkylation sites (tertiary alicyclic amines) is 1. The first kappa shape index (κ1) is 15.5. The highest BCUT2D eigenvalue weighted by molar-refractivity contribution is 7.86. The van der Waals surface area contributed by atoms with Crippen LogP contribution in [-0.2, 0) is 19.7 Å². The quantitative estimate of drug-likeness (QED) is 0.719. The van der Waals surface area contributed by atoms with Crippen molar-refractivity contribution in [2.24, 2.45) is 5.41 Å². The van der Waals surface area contributed by atoms with E-state index in [2.05, 4.69) is 0 Å². The zero-order valence-electron chi connectivity index (χ0n) is 11.9. The minimum Gasteiger partial charge on any atom is -0.444 e. The van der Waals surface area contributed by atoms with Crippen molar-refractivity contribution in [3.8, 4) is 0 Å². The number of rotatable bonds is 2. The molecule has 0 radical (unpaired) electrons. The van der Waals surface area contributed by atoms with Gasteiger partial charge in [0.2, 0.25) is 0 Å². The van der Waals surface area contributed by atoms with Crippen molar-refractivity contribution in [3.05, 3.63) is 0 Å². The van der Waals surface area contributed by atoms with E-state index in [0.29, 0.717) is 26.1 Å². The molecule has 8 heteroatoms. The average molecular weight is 309 g/mol. The van der Waals surface area contributed by atoms with Crippen LogP contribution in [0, 0.1) is 5.41 Å². The van der Waals surface area contributed by atoms with Gasteiger partial charge in [0, 0.05) is 25.1 Å². The third-order valence-electron chi connectivity index (χ3n) is 3.62. The second kappa shape index (κ2) is 4.84. The Morgan fingerprint density at radius 3 is 2.55 bits per heavy atom. The van der Waals surface area contributed by atoms with Gasteiger partial charge in [0.25, 0.3) is 0 Å². The van der Waals surface area contributed by atoms with E-state index >= 15 is 0 Å². The van der Waals surface area contributed by atoms with Gasteiger partial charge in [-0.25, -0.2) is 4.79 Å². The van der Waals surface area contributed by atoms with Crippen LogP contribution in [0.25, 0.3) is 0 Å². The fourth-order valence-electron chi connectivity index (χ4n) is 2.68. The summed E-state index contributed by atoms with van der Waals surface area (Å²) in [5, 5.41) is 0. The predicted molar refractivity (Wildman–Crippen MR) is 69.5 cm³/mol. The number of carbonyl (C=O) groups excluding carboxylic acids is 1. The maximum absolute atomic E-state index is 12.8. The molecule has 1 spiro atoms. The molecule has 2 fully saturated rings. The van der Waals surface area contributed by atoms with Gasteiger partial charge in [0.15, 0.2) is 0 Å². The van der Waals surface area contributed by atoms with Crippen LogP contribution in [0.5, 0.6) is 0 Å². The summed E-state index contributed by atoms with van der Waals surface area (Å²) in [6, 6.07) is 0. The molecule has 2 rings (SSSR count). The van der Waals surface area contributed by atoms with Crippen LogP contribution < -0.4 is 0 Å². The van der Waals surface area contributed by atoms with Crippen molar-refractivity contribution in [3.63, 3.8) is 0 Å². The van der Waals surface area contributed by atoms with E-state index in [9.17, 15) is 17.1 Å². The number of hydrogen-bond donors (Lipinski definition) is 0. The van der Waals surface area contributed by atoms with E-state index in [1.165, 1.54) is 4.90 Å². The Hall–Kier alpha value is -0.890. The zero-order valence-corrected chi connectivity index (χ0v) is 12.7. The molecule has 6 nitrogen and oxygen atoms in total. The Bertz CT molecular complexity index is 492. The molecule has 2 aliphatic heterocycles. The van der Waals surface area contributed by atoms with E-state index in [0.717, 1.165) is 0 Å². The number of nitrogens with zero attached hydrogens (tertiary/aromatic N) is 1. The fourth-order valence-corrected chi connectivity index (χ4v) is 3.49. The monoisotopic (exact) mass is 309 g/mol. The molecule has 2 saturated heterocycles. The summed E-state index contributed by atoms with van der Waals surface area (Å²) in [5.74, 6) is -0.644. The van der Waals surface area contributed by atoms with Crippen LogP contribution in [0.4, 0.5) is 8.68 Å². The molecule has 0 aromatic carbocycles. The highest BCUT2D eigenvalue weighted by Crippen LogP contribution is 2.44. The van der Waals surface area contributed by atoms with Gasteiger partial charge in [0.05, 0.1) is 6.10 Å². The maximum Gasteiger partial charge on any atom is 0.410 e. The Kier molecular flexibility index (Phi) is 3.75. The molecule has 0 bridgehead atoms. The molecule has 2 heterocycles. The van der Waals surface area contributed by atoms with Crippen molar-refractivity contribution in [2.75, 3.05) is 25.4 Å². The first-order chi connectivity index (χ1) is 9.01. The molecule has 2 aliphatic rings. The van der Waals surface area contributed by atoms with Crippen LogP contribution in [0.1, 0.15) is 27.2 Å². The van der Waals surface area contributed by atoms with E-state index in [4.69, 9.17) is 9.47 Å². The molecule has 0 aliphatic carbocycles. The molecule has 1 amide bonds. The minimum absolute atomic E-state index is 0.349. The maximum atomic E-state index is 12.8. The van der Waals surface area contributed by atoms with Gasteiger partial charge in [-0.1, -0.05) is 0 Å². The van der Waals surface area contributed by atoms with Crippen LogP contribution in [0.15, 0.2) is 0 Å². The second-order valence-electron chi connectivity index (χ2n) is 6.51. The van der Waals surface area contributed by atoms with Crippen molar-refractivity contribution in [1.29, 1.82) is 0 Å². The van der Waals surface area contributed by atoms with Crippen LogP contribution >= 0.6 is 0 Å². The third-order valence-corrected chi connectivity index (χ3v) is 4.32. The molecule has 0 aromatic rings. The summed E-state index contributed by atoms with van der Waals surface area (Å²) in [4.78, 5) is 13.3. The van der Waals surface area contributed by atoms with Crippen molar-refractivity contribution in [1.82, 2.24) is 4.90 Å². The predicted octanol–water partition coefficient (Wildman–Crippen LogP) is 1.31. The largest absolute Gasteiger partial charge is 0.444 e. The standard InChI is InChI=1S/C12H20FNO5S/c1-11(2,3)19-10(15)14-7-12(8-14)4-5-18-9(12)6-20(13,16)17/h9H,4-8H2,1-3H3. The Labute approximate surface area is 118 Å². The molecular formula is C12H20FNO5S. The van der Waals surface area contributed by atoms with Gasteiger partial charge in [-0.2, -0.15) is 8.42 Å². The lowest BCUT2D eigenvalue weighted by atomic mass is 9.74. The topological polar surface area (TPSA) is 72.9 Å². The SMILES string of the molecule is CC(C)(C)OC(=O)N1CC2(CCOC2CS(=O)(=O)F)C1.